The molecule has 19 heavy (non-hydrogen) atoms. The van der Waals surface area contributed by atoms with E-state index in [9.17, 15) is 13.2 Å². The van der Waals surface area contributed by atoms with Crippen LogP contribution >= 0.6 is 0 Å². The van der Waals surface area contributed by atoms with Crippen molar-refractivity contribution in [1.82, 2.24) is 4.98 Å². The Morgan fingerprint density at radius 2 is 1.95 bits per heavy atom. The zero-order valence-corrected chi connectivity index (χ0v) is 10.8. The van der Waals surface area contributed by atoms with E-state index in [1.807, 2.05) is 11.8 Å². The van der Waals surface area contributed by atoms with Crippen LogP contribution in [0.4, 0.5) is 19.0 Å². The van der Waals surface area contributed by atoms with Gasteiger partial charge in [0.1, 0.15) is 11.5 Å². The summed E-state index contributed by atoms with van der Waals surface area (Å²) in [6.07, 6.45) is -2.59. The molecule has 2 rings (SSSR count). The van der Waals surface area contributed by atoms with Crippen LogP contribution in [0.25, 0.3) is 0 Å². The van der Waals surface area contributed by atoms with E-state index in [0.717, 1.165) is 18.9 Å². The van der Waals surface area contributed by atoms with Crippen molar-refractivity contribution >= 4 is 5.82 Å². The minimum Gasteiger partial charge on any atom is -0.357 e. The molecule has 1 aliphatic heterocycles. The number of anilines is 1. The molecule has 106 valence electrons. The largest absolute Gasteiger partial charge is 0.433 e. The van der Waals surface area contributed by atoms with Gasteiger partial charge in [-0.05, 0) is 37.8 Å². The Hall–Kier alpha value is -1.30. The van der Waals surface area contributed by atoms with E-state index in [1.54, 1.807) is 6.07 Å². The molecule has 1 aromatic heterocycles. The molecule has 2 N–H and O–H groups in total. The third-order valence-electron chi connectivity index (χ3n) is 3.63. The molecule has 0 radical (unpaired) electrons. The fourth-order valence-corrected chi connectivity index (χ4v) is 2.41. The molecule has 1 aromatic rings. The second kappa shape index (κ2) is 5.36. The lowest BCUT2D eigenvalue weighted by Crippen LogP contribution is -2.40. The maximum atomic E-state index is 12.6. The number of aromatic nitrogens is 1. The number of rotatable bonds is 2. The Labute approximate surface area is 110 Å². The number of hydrogen-bond acceptors (Lipinski definition) is 3. The fraction of sp³-hybridized carbons (Fsp3) is 0.615. The Morgan fingerprint density at radius 3 is 2.47 bits per heavy atom. The molecule has 1 atom stereocenters. The second-order valence-corrected chi connectivity index (χ2v) is 5.06. The van der Waals surface area contributed by atoms with E-state index in [4.69, 9.17) is 5.73 Å². The van der Waals surface area contributed by atoms with Gasteiger partial charge in [-0.1, -0.05) is 6.07 Å². The number of halogens is 3. The summed E-state index contributed by atoms with van der Waals surface area (Å²) in [5.41, 5.74) is 5.02. The van der Waals surface area contributed by atoms with E-state index >= 15 is 0 Å². The van der Waals surface area contributed by atoms with Gasteiger partial charge in [-0.15, -0.1) is 0 Å². The van der Waals surface area contributed by atoms with E-state index in [0.29, 0.717) is 24.8 Å². The van der Waals surface area contributed by atoms with Crippen molar-refractivity contribution in [1.29, 1.82) is 0 Å². The zero-order valence-electron chi connectivity index (χ0n) is 10.8. The summed E-state index contributed by atoms with van der Waals surface area (Å²) in [7, 11) is 0. The van der Waals surface area contributed by atoms with Gasteiger partial charge in [-0.3, -0.25) is 0 Å². The maximum absolute atomic E-state index is 12.6. The van der Waals surface area contributed by atoms with Crippen molar-refractivity contribution in [3.8, 4) is 0 Å². The summed E-state index contributed by atoms with van der Waals surface area (Å²) in [5.74, 6) is 0.847. The summed E-state index contributed by atoms with van der Waals surface area (Å²) in [5, 5.41) is 0. The van der Waals surface area contributed by atoms with E-state index in [2.05, 4.69) is 4.98 Å². The molecule has 3 nitrogen and oxygen atoms in total. The number of pyridine rings is 1. The van der Waals surface area contributed by atoms with Crippen molar-refractivity contribution in [3.05, 3.63) is 23.9 Å². The average Bonchev–Trinajstić information content (AvgIpc) is 2.38. The lowest BCUT2D eigenvalue weighted by Gasteiger charge is -2.34. The van der Waals surface area contributed by atoms with Gasteiger partial charge in [0, 0.05) is 19.1 Å². The van der Waals surface area contributed by atoms with Crippen molar-refractivity contribution in [2.45, 2.75) is 32.0 Å². The van der Waals surface area contributed by atoms with Gasteiger partial charge >= 0.3 is 6.18 Å². The lowest BCUT2D eigenvalue weighted by atomic mass is 9.91. The molecule has 2 heterocycles. The van der Waals surface area contributed by atoms with Gasteiger partial charge < -0.3 is 10.6 Å². The minimum atomic E-state index is -4.39. The summed E-state index contributed by atoms with van der Waals surface area (Å²) in [4.78, 5) is 5.60. The van der Waals surface area contributed by atoms with Gasteiger partial charge in [0.25, 0.3) is 0 Å². The van der Waals surface area contributed by atoms with Gasteiger partial charge in [-0.2, -0.15) is 13.2 Å². The van der Waals surface area contributed by atoms with Gasteiger partial charge in [0.05, 0.1) is 0 Å². The third kappa shape index (κ3) is 3.37. The van der Waals surface area contributed by atoms with Crippen LogP contribution in [-0.2, 0) is 6.18 Å². The van der Waals surface area contributed by atoms with E-state index in [1.165, 1.54) is 6.07 Å². The normalized spacial score (nSPS) is 19.5. The minimum absolute atomic E-state index is 0.136. The van der Waals surface area contributed by atoms with Crippen LogP contribution in [0.3, 0.4) is 0 Å². The Balaban J connectivity index is 2.08. The number of nitrogens with two attached hydrogens (primary N) is 1. The van der Waals surface area contributed by atoms with Crippen LogP contribution in [0.2, 0.25) is 0 Å². The van der Waals surface area contributed by atoms with Crippen LogP contribution in [-0.4, -0.2) is 24.1 Å². The van der Waals surface area contributed by atoms with Crippen LogP contribution in [0, 0.1) is 5.92 Å². The smallest absolute Gasteiger partial charge is 0.357 e. The van der Waals surface area contributed by atoms with Gasteiger partial charge in [-0.25, -0.2) is 4.98 Å². The standard InChI is InChI=1S/C13H18F3N3/c1-9(17)10-5-7-19(8-6-10)12-4-2-3-11(18-12)13(14,15)16/h2-4,9-10H,5-8,17H2,1H3. The highest BCUT2D eigenvalue weighted by atomic mass is 19.4. The molecule has 1 saturated heterocycles. The zero-order chi connectivity index (χ0) is 14.0. The van der Waals surface area contributed by atoms with Crippen LogP contribution in [0.1, 0.15) is 25.5 Å². The highest BCUT2D eigenvalue weighted by Gasteiger charge is 2.33. The maximum Gasteiger partial charge on any atom is 0.433 e. The fourth-order valence-electron chi connectivity index (χ4n) is 2.41. The van der Waals surface area contributed by atoms with Crippen LogP contribution < -0.4 is 10.6 Å². The van der Waals surface area contributed by atoms with Crippen LogP contribution in [0.5, 0.6) is 0 Å². The Kier molecular flexibility index (Phi) is 3.99. The molecule has 0 spiro atoms. The highest BCUT2D eigenvalue weighted by molar-refractivity contribution is 5.40. The molecule has 0 saturated carbocycles. The van der Waals surface area contributed by atoms with Gasteiger partial charge in [0.2, 0.25) is 0 Å². The lowest BCUT2D eigenvalue weighted by molar-refractivity contribution is -0.141. The average molecular weight is 273 g/mol. The Bertz CT molecular complexity index is 423. The van der Waals surface area contributed by atoms with Gasteiger partial charge in [0.15, 0.2) is 0 Å². The molecule has 1 fully saturated rings. The van der Waals surface area contributed by atoms with Crippen LogP contribution in [0.15, 0.2) is 18.2 Å². The molecule has 6 heteroatoms. The first-order valence-electron chi connectivity index (χ1n) is 6.42. The topological polar surface area (TPSA) is 42.1 Å². The predicted molar refractivity (Wildman–Crippen MR) is 67.8 cm³/mol. The predicted octanol–water partition coefficient (Wildman–Crippen LogP) is 2.66. The number of hydrogen-bond donors (Lipinski definition) is 1. The first-order chi connectivity index (χ1) is 8.88. The van der Waals surface area contributed by atoms with Crippen molar-refractivity contribution in [2.24, 2.45) is 11.7 Å². The monoisotopic (exact) mass is 273 g/mol. The molecule has 0 amide bonds. The number of piperidine rings is 1. The first kappa shape index (κ1) is 14.1. The molecule has 0 aromatic carbocycles. The summed E-state index contributed by atoms with van der Waals surface area (Å²) in [6.45, 7) is 3.39. The highest BCUT2D eigenvalue weighted by Crippen LogP contribution is 2.30. The SMILES string of the molecule is CC(N)C1CCN(c2cccc(C(F)(F)F)n2)CC1. The second-order valence-electron chi connectivity index (χ2n) is 5.06. The van der Waals surface area contributed by atoms with E-state index < -0.39 is 11.9 Å². The summed E-state index contributed by atoms with van der Waals surface area (Å²) in [6, 6.07) is 4.17. The van der Waals surface area contributed by atoms with Crippen molar-refractivity contribution in [2.75, 3.05) is 18.0 Å². The summed E-state index contributed by atoms with van der Waals surface area (Å²) >= 11 is 0. The molecular formula is C13H18F3N3. The molecule has 1 unspecified atom stereocenters. The Morgan fingerprint density at radius 1 is 1.32 bits per heavy atom. The quantitative estimate of drug-likeness (QED) is 0.900. The molecular weight excluding hydrogens is 255 g/mol. The first-order valence-corrected chi connectivity index (χ1v) is 6.42. The molecule has 0 bridgehead atoms. The van der Waals surface area contributed by atoms with Crippen molar-refractivity contribution in [3.63, 3.8) is 0 Å². The summed E-state index contributed by atoms with van der Waals surface area (Å²) < 4.78 is 37.8. The van der Waals surface area contributed by atoms with E-state index in [-0.39, 0.29) is 6.04 Å². The molecule has 1 aliphatic rings. The number of nitrogens with zero attached hydrogens (tertiary/aromatic N) is 2. The number of alkyl halides is 3. The third-order valence-corrected chi connectivity index (χ3v) is 3.63. The van der Waals surface area contributed by atoms with Crippen molar-refractivity contribution < 1.29 is 13.2 Å². The molecule has 0 aliphatic carbocycles.